The molecule has 0 radical (unpaired) electrons. The zero-order valence-corrected chi connectivity index (χ0v) is 17.2. The normalized spacial score (nSPS) is 11.9. The van der Waals surface area contributed by atoms with Gasteiger partial charge in [-0.15, -0.1) is 0 Å². The maximum Gasteiger partial charge on any atom is 0.417 e. The summed E-state index contributed by atoms with van der Waals surface area (Å²) in [6.07, 6.45) is -8.69. The van der Waals surface area contributed by atoms with Crippen molar-refractivity contribution in [1.29, 1.82) is 0 Å². The summed E-state index contributed by atoms with van der Waals surface area (Å²) >= 11 is 11.5. The van der Waals surface area contributed by atoms with Crippen molar-refractivity contribution < 1.29 is 31.3 Å². The van der Waals surface area contributed by atoms with Crippen LogP contribution in [0.1, 0.15) is 11.1 Å². The first-order valence-electron chi connectivity index (χ1n) is 8.54. The Morgan fingerprint density at radius 1 is 0.848 bits per heavy atom. The molecule has 7 nitrogen and oxygen atoms in total. The number of nitrogens with zero attached hydrogens (tertiary/aromatic N) is 3. The molecule has 2 N–H and O–H groups in total. The van der Waals surface area contributed by atoms with Crippen LogP contribution in [0.4, 0.5) is 55.0 Å². The van der Waals surface area contributed by atoms with Gasteiger partial charge in [0.1, 0.15) is 6.33 Å². The predicted molar refractivity (Wildman–Crippen MR) is 108 cm³/mol. The van der Waals surface area contributed by atoms with Crippen LogP contribution >= 0.6 is 23.2 Å². The first-order valence-corrected chi connectivity index (χ1v) is 9.30. The van der Waals surface area contributed by atoms with Crippen molar-refractivity contribution in [3.05, 3.63) is 74.0 Å². The van der Waals surface area contributed by atoms with Gasteiger partial charge in [-0.3, -0.25) is 10.1 Å². The zero-order chi connectivity index (χ0) is 24.6. The molecule has 0 saturated heterocycles. The van der Waals surface area contributed by atoms with Gasteiger partial charge in [0.2, 0.25) is 11.6 Å². The van der Waals surface area contributed by atoms with E-state index in [1.807, 2.05) is 0 Å². The average molecular weight is 512 g/mol. The summed E-state index contributed by atoms with van der Waals surface area (Å²) in [5, 5.41) is 15.6. The van der Waals surface area contributed by atoms with E-state index in [-0.39, 0.29) is 16.4 Å². The fourth-order valence-electron chi connectivity index (χ4n) is 2.62. The minimum atomic E-state index is -4.79. The van der Waals surface area contributed by atoms with Crippen LogP contribution in [-0.2, 0) is 12.4 Å². The number of hydrogen-bond acceptors (Lipinski definition) is 6. The number of halogens is 8. The minimum Gasteiger partial charge on any atom is -0.334 e. The summed E-state index contributed by atoms with van der Waals surface area (Å²) in [5.41, 5.74) is -3.71. The lowest BCUT2D eigenvalue weighted by molar-refractivity contribution is -0.383. The maximum absolute atomic E-state index is 13.1. The zero-order valence-electron chi connectivity index (χ0n) is 15.7. The Hall–Kier alpha value is -3.32. The van der Waals surface area contributed by atoms with Gasteiger partial charge in [-0.05, 0) is 36.4 Å². The summed E-state index contributed by atoms with van der Waals surface area (Å²) in [5.74, 6) is -1.08. The number of benzene rings is 2. The van der Waals surface area contributed by atoms with Gasteiger partial charge < -0.3 is 10.6 Å². The molecule has 15 heteroatoms. The summed E-state index contributed by atoms with van der Waals surface area (Å²) in [4.78, 5) is 18.0. The average Bonchev–Trinajstić information content (AvgIpc) is 2.69. The second-order valence-electron chi connectivity index (χ2n) is 6.31. The lowest BCUT2D eigenvalue weighted by Crippen LogP contribution is -2.09. The van der Waals surface area contributed by atoms with Gasteiger partial charge in [-0.25, -0.2) is 9.97 Å². The highest BCUT2D eigenvalue weighted by molar-refractivity contribution is 6.33. The standard InChI is InChI=1S/C18H9Cl2F6N5O2/c19-11-4-2-9(6-10(11)18(24,25)26)29-15-14(31(32)33)16(28-7-27-15)30-13-5-8(17(21,22)23)1-3-12(13)20/h1-7H,(H2,27,28,29,30). The molecule has 0 aliphatic heterocycles. The third-order valence-corrected chi connectivity index (χ3v) is 4.75. The number of nitro groups is 1. The van der Waals surface area contributed by atoms with Crippen LogP contribution in [0.5, 0.6) is 0 Å². The third-order valence-electron chi connectivity index (χ3n) is 4.09. The van der Waals surface area contributed by atoms with Crippen LogP contribution in [0.2, 0.25) is 10.0 Å². The molecule has 0 aliphatic carbocycles. The van der Waals surface area contributed by atoms with Gasteiger partial charge in [-0.1, -0.05) is 23.2 Å². The van der Waals surface area contributed by atoms with Gasteiger partial charge in [0, 0.05) is 5.69 Å². The van der Waals surface area contributed by atoms with E-state index in [2.05, 4.69) is 20.6 Å². The third kappa shape index (κ3) is 5.54. The smallest absolute Gasteiger partial charge is 0.334 e. The quantitative estimate of drug-likeness (QED) is 0.213. The second-order valence-corrected chi connectivity index (χ2v) is 7.13. The largest absolute Gasteiger partial charge is 0.417 e. The molecule has 0 spiro atoms. The van der Waals surface area contributed by atoms with Crippen LogP contribution in [0, 0.1) is 10.1 Å². The van der Waals surface area contributed by atoms with E-state index < -0.39 is 50.7 Å². The number of alkyl halides is 6. The van der Waals surface area contributed by atoms with Gasteiger partial charge in [0.05, 0.1) is 31.8 Å². The molecule has 2 aromatic carbocycles. The van der Waals surface area contributed by atoms with Gasteiger partial charge in [-0.2, -0.15) is 26.3 Å². The Morgan fingerprint density at radius 2 is 1.45 bits per heavy atom. The Balaban J connectivity index is 2.03. The minimum absolute atomic E-state index is 0.196. The van der Waals surface area contributed by atoms with Crippen molar-refractivity contribution in [2.75, 3.05) is 10.6 Å². The number of hydrogen-bond donors (Lipinski definition) is 2. The van der Waals surface area contributed by atoms with Crippen molar-refractivity contribution in [2.24, 2.45) is 0 Å². The summed E-state index contributed by atoms with van der Waals surface area (Å²) < 4.78 is 78.2. The molecule has 1 heterocycles. The molecular formula is C18H9Cl2F6N5O2. The molecule has 0 saturated carbocycles. The second kappa shape index (κ2) is 8.90. The number of anilines is 4. The fraction of sp³-hybridized carbons (Fsp3) is 0.111. The molecule has 33 heavy (non-hydrogen) atoms. The molecule has 0 aliphatic rings. The summed E-state index contributed by atoms with van der Waals surface area (Å²) in [7, 11) is 0. The van der Waals surface area contributed by atoms with Crippen LogP contribution in [0.25, 0.3) is 0 Å². The van der Waals surface area contributed by atoms with Gasteiger partial charge >= 0.3 is 18.0 Å². The molecule has 0 fully saturated rings. The highest BCUT2D eigenvalue weighted by atomic mass is 35.5. The number of nitrogens with one attached hydrogen (secondary N) is 2. The monoisotopic (exact) mass is 511 g/mol. The van der Waals surface area contributed by atoms with Gasteiger partial charge in [0.25, 0.3) is 0 Å². The molecule has 0 unspecified atom stereocenters. The highest BCUT2D eigenvalue weighted by Crippen LogP contribution is 2.40. The van der Waals surface area contributed by atoms with Crippen LogP contribution in [0.3, 0.4) is 0 Å². The van der Waals surface area contributed by atoms with Crippen molar-refractivity contribution in [2.45, 2.75) is 12.4 Å². The lowest BCUT2D eigenvalue weighted by Gasteiger charge is -2.14. The Morgan fingerprint density at radius 3 is 2.03 bits per heavy atom. The number of rotatable bonds is 5. The molecule has 174 valence electrons. The molecule has 1 aromatic heterocycles. The van der Waals surface area contributed by atoms with E-state index in [1.165, 1.54) is 0 Å². The maximum atomic E-state index is 13.1. The molecule has 3 aromatic rings. The molecule has 0 bridgehead atoms. The molecule has 3 rings (SSSR count). The molecule has 0 amide bonds. The first kappa shape index (κ1) is 24.3. The Bertz CT molecular complexity index is 1220. The topological polar surface area (TPSA) is 93.0 Å². The summed E-state index contributed by atoms with van der Waals surface area (Å²) in [6, 6.07) is 4.95. The van der Waals surface area contributed by atoms with Crippen molar-refractivity contribution in [3.8, 4) is 0 Å². The van der Waals surface area contributed by atoms with E-state index in [4.69, 9.17) is 23.2 Å². The van der Waals surface area contributed by atoms with Crippen LogP contribution in [0.15, 0.2) is 42.7 Å². The lowest BCUT2D eigenvalue weighted by atomic mass is 10.2. The van der Waals surface area contributed by atoms with E-state index in [0.29, 0.717) is 18.2 Å². The van der Waals surface area contributed by atoms with E-state index in [0.717, 1.165) is 24.5 Å². The van der Waals surface area contributed by atoms with E-state index in [1.54, 1.807) is 0 Å². The number of aromatic nitrogens is 2. The van der Waals surface area contributed by atoms with Crippen molar-refractivity contribution in [3.63, 3.8) is 0 Å². The fourth-order valence-corrected chi connectivity index (χ4v) is 3.01. The Labute approximate surface area is 190 Å². The van der Waals surface area contributed by atoms with Crippen LogP contribution < -0.4 is 10.6 Å². The molecular weight excluding hydrogens is 503 g/mol. The van der Waals surface area contributed by atoms with Gasteiger partial charge in [0.15, 0.2) is 0 Å². The van der Waals surface area contributed by atoms with Crippen molar-refractivity contribution >= 4 is 51.9 Å². The highest BCUT2D eigenvalue weighted by Gasteiger charge is 2.34. The SMILES string of the molecule is O=[N+]([O-])c1c(Nc2ccc(Cl)c(C(F)(F)F)c2)ncnc1Nc1cc(C(F)(F)F)ccc1Cl. The van der Waals surface area contributed by atoms with E-state index in [9.17, 15) is 36.5 Å². The first-order chi connectivity index (χ1) is 15.3. The van der Waals surface area contributed by atoms with Crippen LogP contribution in [-0.4, -0.2) is 14.9 Å². The summed E-state index contributed by atoms with van der Waals surface area (Å²) in [6.45, 7) is 0. The van der Waals surface area contributed by atoms with E-state index >= 15 is 0 Å². The predicted octanol–water partition coefficient (Wildman–Crippen LogP) is 7.22. The molecule has 0 atom stereocenters. The van der Waals surface area contributed by atoms with Crippen molar-refractivity contribution in [1.82, 2.24) is 9.97 Å². The Kier molecular flexibility index (Phi) is 6.56.